The molecule has 1 saturated heterocycles. The molecule has 29 heavy (non-hydrogen) atoms. The molecule has 2 amide bonds. The smallest absolute Gasteiger partial charge is 0.408 e. The van der Waals surface area contributed by atoms with E-state index in [2.05, 4.69) is 15.5 Å². The van der Waals surface area contributed by atoms with E-state index >= 15 is 0 Å². The van der Waals surface area contributed by atoms with Crippen LogP contribution in [0.25, 0.3) is 0 Å². The molecule has 0 aromatic heterocycles. The topological polar surface area (TPSA) is 70.7 Å². The van der Waals surface area contributed by atoms with Gasteiger partial charge in [0.2, 0.25) is 0 Å². The maximum Gasteiger partial charge on any atom is 0.408 e. The number of hydrogen-bond acceptors (Lipinski definition) is 4. The Morgan fingerprint density at radius 1 is 1.03 bits per heavy atom. The maximum atomic E-state index is 12.3. The predicted octanol–water partition coefficient (Wildman–Crippen LogP) is 4.21. The van der Waals surface area contributed by atoms with Gasteiger partial charge in [-0.05, 0) is 70.1 Å². The van der Waals surface area contributed by atoms with Crippen LogP contribution in [-0.2, 0) is 4.74 Å². The third-order valence-electron chi connectivity index (χ3n) is 4.69. The van der Waals surface area contributed by atoms with Gasteiger partial charge in [0.15, 0.2) is 0 Å². The van der Waals surface area contributed by atoms with Gasteiger partial charge in [0.05, 0.1) is 6.04 Å². The highest BCUT2D eigenvalue weighted by Gasteiger charge is 2.24. The second kappa shape index (κ2) is 9.09. The molecule has 1 fully saturated rings. The van der Waals surface area contributed by atoms with Gasteiger partial charge in [-0.2, -0.15) is 0 Å². The molecular weight excluding hydrogens is 366 g/mol. The highest BCUT2D eigenvalue weighted by atomic mass is 16.6. The van der Waals surface area contributed by atoms with Crippen LogP contribution in [0.4, 0.5) is 10.5 Å². The monoisotopic (exact) mass is 395 g/mol. The van der Waals surface area contributed by atoms with Gasteiger partial charge in [0, 0.05) is 17.8 Å². The Bertz CT molecular complexity index is 825. The zero-order valence-corrected chi connectivity index (χ0v) is 17.3. The lowest BCUT2D eigenvalue weighted by Crippen LogP contribution is -2.45. The van der Waals surface area contributed by atoms with Crippen molar-refractivity contribution in [3.05, 3.63) is 65.7 Å². The Morgan fingerprint density at radius 3 is 2.24 bits per heavy atom. The van der Waals surface area contributed by atoms with Crippen LogP contribution in [-0.4, -0.2) is 42.1 Å². The number of nitrogens with zero attached hydrogens (tertiary/aromatic N) is 1. The Labute approximate surface area is 172 Å². The summed E-state index contributed by atoms with van der Waals surface area (Å²) in [5.74, 6) is -0.151. The summed E-state index contributed by atoms with van der Waals surface area (Å²) < 4.78 is 5.42. The van der Waals surface area contributed by atoms with Crippen molar-refractivity contribution in [2.24, 2.45) is 0 Å². The Morgan fingerprint density at radius 2 is 1.69 bits per heavy atom. The Hall–Kier alpha value is -2.86. The van der Waals surface area contributed by atoms with E-state index in [4.69, 9.17) is 4.74 Å². The number of anilines is 1. The van der Waals surface area contributed by atoms with Gasteiger partial charge in [-0.3, -0.25) is 4.79 Å². The fourth-order valence-corrected chi connectivity index (χ4v) is 3.10. The van der Waals surface area contributed by atoms with Gasteiger partial charge >= 0.3 is 6.09 Å². The molecule has 6 heteroatoms. The van der Waals surface area contributed by atoms with Crippen molar-refractivity contribution >= 4 is 17.7 Å². The number of ether oxygens (including phenoxy) is 1. The lowest BCUT2D eigenvalue weighted by Gasteiger charge is -2.34. The molecule has 1 atom stereocenters. The number of alkyl carbamates (subject to hydrolysis) is 1. The summed E-state index contributed by atoms with van der Waals surface area (Å²) in [5.41, 5.74) is 1.75. The van der Waals surface area contributed by atoms with E-state index < -0.39 is 11.7 Å². The standard InChI is InChI=1S/C23H29N3O3/c1-23(2,3)29-22(28)25-20(16-26-14-7-15-26)17-10-12-19(13-11-17)24-21(27)18-8-5-4-6-9-18/h4-6,8-13,20H,7,14-16H2,1-3H3,(H,24,27)(H,25,28)/t20-/m1/s1. The van der Waals surface area contributed by atoms with Gasteiger partial charge in [-0.15, -0.1) is 0 Å². The SMILES string of the molecule is CC(C)(C)OC(=O)N[C@H](CN1CCC1)c1ccc(NC(=O)c2ccccc2)cc1. The van der Waals surface area contributed by atoms with E-state index in [0.717, 1.165) is 25.2 Å². The van der Waals surface area contributed by atoms with E-state index in [1.807, 2.05) is 63.2 Å². The van der Waals surface area contributed by atoms with Crippen molar-refractivity contribution in [1.82, 2.24) is 10.2 Å². The third-order valence-corrected chi connectivity index (χ3v) is 4.69. The summed E-state index contributed by atoms with van der Waals surface area (Å²) in [7, 11) is 0. The van der Waals surface area contributed by atoms with Gasteiger partial charge in [-0.1, -0.05) is 30.3 Å². The van der Waals surface area contributed by atoms with Gasteiger partial charge in [0.25, 0.3) is 5.91 Å². The molecule has 2 aromatic carbocycles. The van der Waals surface area contributed by atoms with Crippen molar-refractivity contribution in [2.45, 2.75) is 38.8 Å². The molecule has 2 aromatic rings. The molecule has 0 radical (unpaired) electrons. The number of likely N-dealkylation sites (tertiary alicyclic amines) is 1. The summed E-state index contributed by atoms with van der Waals surface area (Å²) in [6.07, 6.45) is 0.758. The quantitative estimate of drug-likeness (QED) is 0.769. The molecular formula is C23H29N3O3. The predicted molar refractivity (Wildman–Crippen MR) is 114 cm³/mol. The molecule has 6 nitrogen and oxygen atoms in total. The molecule has 0 aliphatic carbocycles. The molecule has 2 N–H and O–H groups in total. The Balaban J connectivity index is 1.67. The first-order valence-electron chi connectivity index (χ1n) is 9.98. The first-order valence-corrected chi connectivity index (χ1v) is 9.98. The minimum absolute atomic E-state index is 0.151. The van der Waals surface area contributed by atoms with Gasteiger partial charge in [-0.25, -0.2) is 4.79 Å². The Kier molecular flexibility index (Phi) is 6.54. The number of carbonyl (C=O) groups excluding carboxylic acids is 2. The summed E-state index contributed by atoms with van der Waals surface area (Å²) in [5, 5.41) is 5.88. The number of nitrogens with one attached hydrogen (secondary N) is 2. The molecule has 154 valence electrons. The van der Waals surface area contributed by atoms with E-state index in [9.17, 15) is 9.59 Å². The van der Waals surface area contributed by atoms with Crippen LogP contribution in [0.3, 0.4) is 0 Å². The van der Waals surface area contributed by atoms with Crippen molar-refractivity contribution in [3.8, 4) is 0 Å². The third kappa shape index (κ3) is 6.32. The second-order valence-corrected chi connectivity index (χ2v) is 8.30. The highest BCUT2D eigenvalue weighted by molar-refractivity contribution is 6.04. The van der Waals surface area contributed by atoms with Crippen LogP contribution >= 0.6 is 0 Å². The molecule has 0 spiro atoms. The van der Waals surface area contributed by atoms with Crippen LogP contribution < -0.4 is 10.6 Å². The molecule has 1 heterocycles. The zero-order valence-electron chi connectivity index (χ0n) is 17.3. The van der Waals surface area contributed by atoms with Crippen molar-refractivity contribution in [2.75, 3.05) is 25.0 Å². The summed E-state index contributed by atoms with van der Waals surface area (Å²) in [6, 6.07) is 16.5. The van der Waals surface area contributed by atoms with Crippen LogP contribution in [0.5, 0.6) is 0 Å². The first kappa shape index (κ1) is 20.9. The lowest BCUT2D eigenvalue weighted by molar-refractivity contribution is 0.0479. The zero-order chi connectivity index (χ0) is 20.9. The van der Waals surface area contributed by atoms with Gasteiger partial charge in [0.1, 0.15) is 5.60 Å². The van der Waals surface area contributed by atoms with Crippen molar-refractivity contribution in [1.29, 1.82) is 0 Å². The van der Waals surface area contributed by atoms with Crippen molar-refractivity contribution in [3.63, 3.8) is 0 Å². The summed E-state index contributed by atoms with van der Waals surface area (Å²) in [4.78, 5) is 26.9. The van der Waals surface area contributed by atoms with Crippen LogP contribution in [0.1, 0.15) is 49.2 Å². The number of benzene rings is 2. The minimum atomic E-state index is -0.545. The molecule has 0 unspecified atom stereocenters. The van der Waals surface area contributed by atoms with E-state index in [1.54, 1.807) is 12.1 Å². The van der Waals surface area contributed by atoms with Crippen LogP contribution in [0.15, 0.2) is 54.6 Å². The van der Waals surface area contributed by atoms with E-state index in [0.29, 0.717) is 11.3 Å². The summed E-state index contributed by atoms with van der Waals surface area (Å²) >= 11 is 0. The highest BCUT2D eigenvalue weighted by Crippen LogP contribution is 2.21. The number of hydrogen-bond donors (Lipinski definition) is 2. The number of rotatable bonds is 6. The normalized spacial score (nSPS) is 15.1. The van der Waals surface area contributed by atoms with Crippen LogP contribution in [0, 0.1) is 0 Å². The largest absolute Gasteiger partial charge is 0.444 e. The fourth-order valence-electron chi connectivity index (χ4n) is 3.10. The minimum Gasteiger partial charge on any atom is -0.444 e. The van der Waals surface area contributed by atoms with Gasteiger partial charge < -0.3 is 20.3 Å². The maximum absolute atomic E-state index is 12.3. The van der Waals surface area contributed by atoms with E-state index in [-0.39, 0.29) is 11.9 Å². The van der Waals surface area contributed by atoms with Crippen molar-refractivity contribution < 1.29 is 14.3 Å². The molecule has 0 bridgehead atoms. The second-order valence-electron chi connectivity index (χ2n) is 8.30. The number of carbonyl (C=O) groups is 2. The molecule has 0 saturated carbocycles. The molecule has 1 aliphatic heterocycles. The van der Waals surface area contributed by atoms with Crippen LogP contribution in [0.2, 0.25) is 0 Å². The van der Waals surface area contributed by atoms with E-state index in [1.165, 1.54) is 6.42 Å². The first-order chi connectivity index (χ1) is 13.8. The molecule has 1 aliphatic rings. The average Bonchev–Trinajstić information content (AvgIpc) is 2.63. The number of amides is 2. The summed E-state index contributed by atoms with van der Waals surface area (Å²) in [6.45, 7) is 8.36. The lowest BCUT2D eigenvalue weighted by atomic mass is 10.0. The average molecular weight is 396 g/mol. The fraction of sp³-hybridized carbons (Fsp3) is 0.391. The molecule has 3 rings (SSSR count).